The van der Waals surface area contributed by atoms with Crippen molar-refractivity contribution in [3.63, 3.8) is 0 Å². The zero-order valence-corrected chi connectivity index (χ0v) is 62.2. The maximum Gasteiger partial charge on any atom is 0.333 e. The molecule has 11 amide bonds. The zero-order valence-electron chi connectivity index (χ0n) is 55.8. The van der Waals surface area contributed by atoms with Crippen LogP contribution >= 0.6 is 0 Å². The van der Waals surface area contributed by atoms with Crippen molar-refractivity contribution in [3.05, 3.63) is 123 Å². The fraction of sp³-hybridized carbons (Fsp3) is 0.455. The largest absolute Gasteiger partial charge is 0.871 e. The molecule has 5 unspecified atom stereocenters. The minimum absolute atomic E-state index is 0. The van der Waals surface area contributed by atoms with E-state index < -0.39 is 88.3 Å². The van der Waals surface area contributed by atoms with Gasteiger partial charge in [-0.1, -0.05) is 56.0 Å². The second kappa shape index (κ2) is 44.9. The second-order valence-electron chi connectivity index (χ2n) is 22.6. The predicted molar refractivity (Wildman–Crippen MR) is 349 cm³/mol. The standard InChI is InChI=1S/C54H68N12O11.C10H14N2O5.C2H6.3Tb/c1-34-33-66-28-21-61-52(75)41-12-5-11-40(45(41)68)50(73)58-18-25-64(26-19-60-53(76)42-13-6-14-43(46(42)69)54(77)62-34)30-29-63-22-15-55-47(70)36-7-3-8-37(35(36)2)48(71)56-16-23-65(31-32-66)27-20-59-51(74)39-10-4-9-38(44(39)67)49(72)57-17-24-63;1-11-7(13)3-2-4-10(16)17-12-8(14)5-6-9(12)15;1-2;;;/h3-14,34,67-69H,15-33H2,1-2H3,(H,55,70)(H,56,71)(H,57,72)(H,58,73)(H,59,74)(H,60,76)(H,61,75)(H,62,77);2-6H2,1H3,(H,11,13);1-2H3;;;/p-1. The van der Waals surface area contributed by atoms with Crippen molar-refractivity contribution in [2.75, 3.05) is 131 Å². The molecule has 5 aliphatic rings. The number of amides is 11. The quantitative estimate of drug-likeness (QED) is 0.113. The van der Waals surface area contributed by atoms with Crippen molar-refractivity contribution in [3.8, 4) is 17.2 Å². The molecule has 0 aromatic heterocycles. The Bertz CT molecular complexity index is 3390. The van der Waals surface area contributed by atoms with E-state index in [1.807, 2.05) is 33.4 Å². The van der Waals surface area contributed by atoms with Crippen molar-refractivity contribution in [1.29, 1.82) is 0 Å². The number of hydroxylamine groups is 2. The van der Waals surface area contributed by atoms with Gasteiger partial charge in [0.2, 0.25) is 5.91 Å². The maximum atomic E-state index is 13.8. The molecule has 545 valence electrons. The Kier molecular flexibility index (Phi) is 39.5. The summed E-state index contributed by atoms with van der Waals surface area (Å²) in [4.78, 5) is 166. The van der Waals surface area contributed by atoms with E-state index in [1.54, 1.807) is 32.0 Å². The second-order valence-corrected chi connectivity index (χ2v) is 22.6. The molecule has 11 N–H and O–H groups in total. The summed E-state index contributed by atoms with van der Waals surface area (Å²) < 4.78 is 0. The predicted octanol–water partition coefficient (Wildman–Crippen LogP) is -0.408. The Balaban J connectivity index is 0.00000101. The van der Waals surface area contributed by atoms with E-state index in [1.165, 1.54) is 61.6 Å². The third-order valence-corrected chi connectivity index (χ3v) is 16.0. The molecule has 0 spiro atoms. The normalized spacial score (nSPS) is 20.3. The Morgan fingerprint density at radius 3 is 1.11 bits per heavy atom. The average Bonchev–Trinajstić information content (AvgIpc) is 1.59. The number of nitrogens with zero attached hydrogens (tertiary/aromatic N) is 5. The van der Waals surface area contributed by atoms with Crippen LogP contribution in [-0.4, -0.2) is 243 Å². The SMILES string of the molecule is CC.CNC(=O)CCCC(=O)ON1C(=O)CCC1=O.Cc1c2cccc1C(=O)NCCN1CCNC(=O)c3cccc(c3O)C(=O)NCCN(CCNC2=O)CCN2CCNC(=O)c3cccc(c3[O-])C(=O)NCCN(CC1)CC(C)NC(=O)c1cccc(c1O)C(=O)NCC2.[Tb].[Tb].[Tb]. The van der Waals surface area contributed by atoms with Gasteiger partial charge in [-0.3, -0.25) is 72.3 Å². The molecule has 1 saturated heterocycles. The van der Waals surface area contributed by atoms with E-state index in [0.717, 1.165) is 0 Å². The first-order valence-corrected chi connectivity index (χ1v) is 32.1. The summed E-state index contributed by atoms with van der Waals surface area (Å²) in [6.45, 7) is 10.8. The van der Waals surface area contributed by atoms with E-state index >= 15 is 0 Å². The molecule has 3 radical (unpaired) electrons. The van der Waals surface area contributed by atoms with E-state index in [0.29, 0.717) is 47.8 Å². The van der Waals surface area contributed by atoms with Gasteiger partial charge in [-0.2, -0.15) is 0 Å². The molecule has 0 aliphatic carbocycles. The van der Waals surface area contributed by atoms with Crippen LogP contribution in [0.15, 0.2) is 72.8 Å². The third kappa shape index (κ3) is 26.6. The van der Waals surface area contributed by atoms with Crippen LogP contribution in [-0.2, 0) is 24.0 Å². The van der Waals surface area contributed by atoms with E-state index in [2.05, 4.69) is 52.7 Å². The van der Waals surface area contributed by atoms with Crippen LogP contribution < -0.4 is 53.0 Å². The molecule has 1 fully saturated rings. The molecule has 9 rings (SSSR count). The van der Waals surface area contributed by atoms with Crippen LogP contribution in [0.5, 0.6) is 17.2 Å². The molecule has 4 aromatic rings. The van der Waals surface area contributed by atoms with Crippen LogP contribution in [0.4, 0.5) is 0 Å². The zero-order chi connectivity index (χ0) is 69.8. The molecule has 30 nitrogen and oxygen atoms in total. The third-order valence-electron chi connectivity index (χ3n) is 16.0. The number of nitrogens with one attached hydrogen (secondary N) is 9. The van der Waals surface area contributed by atoms with Gasteiger partial charge in [0.1, 0.15) is 11.5 Å². The summed E-state index contributed by atoms with van der Waals surface area (Å²) in [6.07, 6.45) is 0.654. The molecule has 33 heteroatoms. The van der Waals surface area contributed by atoms with Crippen LogP contribution in [0.1, 0.15) is 141 Å². The van der Waals surface area contributed by atoms with E-state index in [9.17, 15) is 72.9 Å². The van der Waals surface area contributed by atoms with Crippen molar-refractivity contribution >= 4 is 70.9 Å². The molecule has 99 heavy (non-hydrogen) atoms. The number of carbonyl (C=O) groups excluding carboxylic acids is 12. The smallest absolute Gasteiger partial charge is 0.333 e. The van der Waals surface area contributed by atoms with Gasteiger partial charge >= 0.3 is 5.97 Å². The number of imide groups is 1. The van der Waals surface area contributed by atoms with Gasteiger partial charge in [0.05, 0.1) is 22.3 Å². The number of carbonyl (C=O) groups is 12. The van der Waals surface area contributed by atoms with Gasteiger partial charge in [-0.15, -0.1) is 5.06 Å². The summed E-state index contributed by atoms with van der Waals surface area (Å²) in [7, 11) is 1.50. The number of para-hydroxylation sites is 3. The van der Waals surface area contributed by atoms with E-state index in [-0.39, 0.29) is 286 Å². The minimum Gasteiger partial charge on any atom is -0.871 e. The van der Waals surface area contributed by atoms with Gasteiger partial charge in [0, 0.05) is 301 Å². The first kappa shape index (κ1) is 87.0. The number of phenolic OH excluding ortho intramolecular Hbond substituents is 2. The molecular weight excluding hydrogens is 1720 g/mol. The van der Waals surface area contributed by atoms with Crippen LogP contribution in [0.3, 0.4) is 0 Å². The van der Waals surface area contributed by atoms with Gasteiger partial charge in [-0.05, 0) is 62.2 Å². The van der Waals surface area contributed by atoms with E-state index in [4.69, 9.17) is 0 Å². The van der Waals surface area contributed by atoms with Crippen LogP contribution in [0, 0.1) is 123 Å². The topological polar surface area (TPSA) is 402 Å². The molecular formula is C66H87N14O16Tb3-. The molecule has 5 heterocycles. The summed E-state index contributed by atoms with van der Waals surface area (Å²) in [5.74, 6) is -8.39. The molecule has 5 atom stereocenters. The maximum absolute atomic E-state index is 13.8. The molecule has 4 aromatic carbocycles. The first-order valence-electron chi connectivity index (χ1n) is 32.1. The van der Waals surface area contributed by atoms with Gasteiger partial charge in [0.25, 0.3) is 59.1 Å². The number of fused-ring (bicyclic) bond motifs is 16. The number of hydrogen-bond acceptors (Lipinski definition) is 20. The van der Waals surface area contributed by atoms with Crippen molar-refractivity contribution in [2.45, 2.75) is 65.8 Å². The van der Waals surface area contributed by atoms with Crippen molar-refractivity contribution in [2.24, 2.45) is 0 Å². The Labute approximate surface area is 667 Å². The number of phenols is 2. The average molecular weight is 1810 g/mol. The van der Waals surface area contributed by atoms with Gasteiger partial charge < -0.3 is 68.0 Å². The fourth-order valence-corrected chi connectivity index (χ4v) is 10.7. The molecule has 12 bridgehead atoms. The Morgan fingerprint density at radius 2 is 0.758 bits per heavy atom. The molecule has 5 aliphatic heterocycles. The summed E-state index contributed by atoms with van der Waals surface area (Å²) in [5.41, 5.74) is 0.119. The van der Waals surface area contributed by atoms with Crippen molar-refractivity contribution < 1.29 is 194 Å². The number of hydrogen-bond donors (Lipinski definition) is 11. The first-order chi connectivity index (χ1) is 46.1. The molecule has 0 saturated carbocycles. The van der Waals surface area contributed by atoms with Crippen LogP contribution in [0.2, 0.25) is 0 Å². The minimum atomic E-state index is -0.759. The van der Waals surface area contributed by atoms with Gasteiger partial charge in [0.15, 0.2) is 0 Å². The van der Waals surface area contributed by atoms with Gasteiger partial charge in [-0.25, -0.2) is 4.79 Å². The summed E-state index contributed by atoms with van der Waals surface area (Å²) in [6, 6.07) is 17.1. The Morgan fingerprint density at radius 1 is 0.465 bits per heavy atom. The number of benzene rings is 4. The fourth-order valence-electron chi connectivity index (χ4n) is 10.7. The van der Waals surface area contributed by atoms with Crippen LogP contribution in [0.25, 0.3) is 0 Å². The number of rotatable bonds is 5. The monoisotopic (exact) mass is 1810 g/mol. The summed E-state index contributed by atoms with van der Waals surface area (Å²) in [5, 5.41) is 62.2. The summed E-state index contributed by atoms with van der Waals surface area (Å²) >= 11 is 0. The van der Waals surface area contributed by atoms with Crippen molar-refractivity contribution in [1.82, 2.24) is 72.5 Å². The Hall–Kier alpha value is -6.18. The number of aromatic hydroxyl groups is 2.